The van der Waals surface area contributed by atoms with E-state index in [1.165, 1.54) is 0 Å². The van der Waals surface area contributed by atoms with Gasteiger partial charge in [-0.3, -0.25) is 4.79 Å². The summed E-state index contributed by atoms with van der Waals surface area (Å²) in [7, 11) is 0. The smallest absolute Gasteiger partial charge is 0.171 e. The number of fused-ring (bicyclic) bond motifs is 2. The molecule has 0 aliphatic heterocycles. The molecule has 0 aromatic carbocycles. The Morgan fingerprint density at radius 2 is 2.06 bits per heavy atom. The van der Waals surface area contributed by atoms with Crippen molar-refractivity contribution in [2.45, 2.75) is 52.1 Å². The van der Waals surface area contributed by atoms with E-state index in [2.05, 4.69) is 0 Å². The van der Waals surface area contributed by atoms with E-state index in [1.54, 1.807) is 0 Å². The molecular weight excluding hydrogens is 220 g/mol. The second kappa shape index (κ2) is 3.31. The molecular formula is C13H19O4-. The molecule has 2 rings (SSSR count). The van der Waals surface area contributed by atoms with Crippen molar-refractivity contribution in [1.82, 2.24) is 0 Å². The Balaban J connectivity index is 2.33. The molecule has 0 amide bonds. The zero-order chi connectivity index (χ0) is 13.1. The van der Waals surface area contributed by atoms with Crippen LogP contribution >= 0.6 is 0 Å². The molecule has 3 atom stereocenters. The minimum absolute atomic E-state index is 0.0160. The summed E-state index contributed by atoms with van der Waals surface area (Å²) in [5.74, 6) is -1.52. The van der Waals surface area contributed by atoms with Gasteiger partial charge in [0.05, 0.1) is 0 Å². The van der Waals surface area contributed by atoms with Crippen molar-refractivity contribution in [3.63, 3.8) is 0 Å². The Hall–Kier alpha value is -0.900. The van der Waals surface area contributed by atoms with E-state index in [9.17, 15) is 19.8 Å². The van der Waals surface area contributed by atoms with Gasteiger partial charge in [0.15, 0.2) is 5.78 Å². The Kier molecular flexibility index (Phi) is 2.45. The molecule has 0 saturated heterocycles. The van der Waals surface area contributed by atoms with Crippen LogP contribution in [0.4, 0.5) is 0 Å². The maximum Gasteiger partial charge on any atom is 0.171 e. The van der Waals surface area contributed by atoms with Crippen LogP contribution in [0, 0.1) is 16.7 Å². The number of Topliss-reactive ketones (excluding diaryl/α,β-unsaturated/α-hetero) is 1. The highest BCUT2D eigenvalue weighted by Gasteiger charge is 2.72. The second-order valence-electron chi connectivity index (χ2n) is 6.27. The monoisotopic (exact) mass is 239 g/mol. The highest BCUT2D eigenvalue weighted by atomic mass is 16.4. The summed E-state index contributed by atoms with van der Waals surface area (Å²) >= 11 is 0. The summed E-state index contributed by atoms with van der Waals surface area (Å²) in [6.07, 6.45) is 1.30. The first-order valence-electron chi connectivity index (χ1n) is 6.13. The molecule has 0 heterocycles. The molecule has 4 nitrogen and oxygen atoms in total. The van der Waals surface area contributed by atoms with Crippen LogP contribution in [0.5, 0.6) is 0 Å². The van der Waals surface area contributed by atoms with Crippen molar-refractivity contribution in [1.29, 1.82) is 0 Å². The molecule has 0 radical (unpaired) electrons. The number of ketones is 1. The summed E-state index contributed by atoms with van der Waals surface area (Å²) in [4.78, 5) is 22.9. The Labute approximate surface area is 101 Å². The van der Waals surface area contributed by atoms with Crippen LogP contribution in [-0.4, -0.2) is 22.5 Å². The normalized spacial score (nSPS) is 43.1. The lowest BCUT2D eigenvalue weighted by Crippen LogP contribution is -2.47. The zero-order valence-electron chi connectivity index (χ0n) is 10.6. The van der Waals surface area contributed by atoms with Crippen LogP contribution in [0.15, 0.2) is 0 Å². The molecule has 17 heavy (non-hydrogen) atoms. The predicted octanol–water partition coefficient (Wildman–Crippen LogP) is 0.273. The number of carboxylic acids is 1. The third-order valence-corrected chi connectivity index (χ3v) is 5.41. The Bertz CT molecular complexity index is 387. The van der Waals surface area contributed by atoms with Gasteiger partial charge in [-0.25, -0.2) is 0 Å². The predicted molar refractivity (Wildman–Crippen MR) is 58.8 cm³/mol. The molecule has 2 fully saturated rings. The van der Waals surface area contributed by atoms with Gasteiger partial charge in [-0.1, -0.05) is 20.8 Å². The summed E-state index contributed by atoms with van der Waals surface area (Å²) in [6, 6.07) is 0. The average Bonchev–Trinajstić information content (AvgIpc) is 2.51. The summed E-state index contributed by atoms with van der Waals surface area (Å²) < 4.78 is 0. The van der Waals surface area contributed by atoms with E-state index in [1.807, 2.05) is 20.8 Å². The molecule has 96 valence electrons. The third-order valence-electron chi connectivity index (χ3n) is 5.41. The Morgan fingerprint density at radius 1 is 1.47 bits per heavy atom. The fourth-order valence-corrected chi connectivity index (χ4v) is 3.96. The first kappa shape index (κ1) is 12.6. The van der Waals surface area contributed by atoms with Crippen molar-refractivity contribution in [2.24, 2.45) is 16.7 Å². The molecule has 0 unspecified atom stereocenters. The van der Waals surface area contributed by atoms with Crippen molar-refractivity contribution in [3.8, 4) is 0 Å². The van der Waals surface area contributed by atoms with E-state index in [4.69, 9.17) is 0 Å². The first-order chi connectivity index (χ1) is 7.66. The number of carbonyl (C=O) groups excluding carboxylic acids is 2. The number of rotatable bonds is 3. The quantitative estimate of drug-likeness (QED) is 0.767. The number of aliphatic carboxylic acids is 1. The first-order valence-corrected chi connectivity index (χ1v) is 6.13. The van der Waals surface area contributed by atoms with E-state index < -0.39 is 17.0 Å². The summed E-state index contributed by atoms with van der Waals surface area (Å²) in [5.41, 5.74) is -2.24. The van der Waals surface area contributed by atoms with E-state index >= 15 is 0 Å². The van der Waals surface area contributed by atoms with E-state index in [0.29, 0.717) is 0 Å². The van der Waals surface area contributed by atoms with Crippen molar-refractivity contribution in [2.75, 3.05) is 0 Å². The standard InChI is InChI=1S/C13H20O4/c1-11(2)8-4-6-12(11,3)10(16)13(8,17)7-5-9(14)15/h8,17H,4-7H2,1-3H3,(H,14,15)/p-1/t8-,12-,13+/m1/s1. The minimum Gasteiger partial charge on any atom is -0.550 e. The summed E-state index contributed by atoms with van der Waals surface area (Å²) in [6.45, 7) is 5.89. The molecule has 0 aromatic rings. The largest absolute Gasteiger partial charge is 0.550 e. The maximum absolute atomic E-state index is 12.4. The third kappa shape index (κ3) is 1.33. The van der Waals surface area contributed by atoms with Crippen LogP contribution in [0.25, 0.3) is 0 Å². The van der Waals surface area contributed by atoms with Crippen molar-refractivity contribution >= 4 is 11.8 Å². The topological polar surface area (TPSA) is 77.4 Å². The second-order valence-corrected chi connectivity index (χ2v) is 6.27. The molecule has 0 spiro atoms. The average molecular weight is 239 g/mol. The van der Waals surface area contributed by atoms with Crippen LogP contribution in [-0.2, 0) is 9.59 Å². The Morgan fingerprint density at radius 3 is 2.47 bits per heavy atom. The fourth-order valence-electron chi connectivity index (χ4n) is 3.96. The van der Waals surface area contributed by atoms with Crippen LogP contribution in [0.3, 0.4) is 0 Å². The zero-order valence-corrected chi connectivity index (χ0v) is 10.6. The fraction of sp³-hybridized carbons (Fsp3) is 0.846. The van der Waals surface area contributed by atoms with Crippen molar-refractivity contribution < 1.29 is 19.8 Å². The van der Waals surface area contributed by atoms with Gasteiger partial charge < -0.3 is 15.0 Å². The van der Waals surface area contributed by atoms with Gasteiger partial charge in [-0.15, -0.1) is 0 Å². The minimum atomic E-state index is -1.46. The molecule has 2 aliphatic carbocycles. The van der Waals surface area contributed by atoms with Crippen LogP contribution in [0.1, 0.15) is 46.5 Å². The van der Waals surface area contributed by atoms with Gasteiger partial charge in [0.1, 0.15) is 5.60 Å². The lowest BCUT2D eigenvalue weighted by molar-refractivity contribution is -0.306. The molecule has 2 bridgehead atoms. The van der Waals surface area contributed by atoms with Gasteiger partial charge >= 0.3 is 0 Å². The van der Waals surface area contributed by atoms with Crippen molar-refractivity contribution in [3.05, 3.63) is 0 Å². The van der Waals surface area contributed by atoms with E-state index in [-0.39, 0.29) is 30.0 Å². The number of aliphatic hydroxyl groups is 1. The number of hydrogen-bond acceptors (Lipinski definition) is 4. The molecule has 2 saturated carbocycles. The molecule has 1 N–H and O–H groups in total. The number of hydrogen-bond donors (Lipinski definition) is 1. The maximum atomic E-state index is 12.4. The molecule has 2 aliphatic rings. The van der Waals surface area contributed by atoms with Crippen LogP contribution < -0.4 is 5.11 Å². The van der Waals surface area contributed by atoms with Gasteiger partial charge in [-0.05, 0) is 31.1 Å². The van der Waals surface area contributed by atoms with Gasteiger partial charge in [0.25, 0.3) is 0 Å². The SMILES string of the molecule is CC1(C)[C@H]2CC[C@]1(C)C(=O)[C@]2(O)CCC(=O)[O-]. The molecule has 0 aromatic heterocycles. The van der Waals surface area contributed by atoms with Gasteiger partial charge in [-0.2, -0.15) is 0 Å². The van der Waals surface area contributed by atoms with Crippen LogP contribution in [0.2, 0.25) is 0 Å². The number of carboxylic acid groups (broad SMARTS) is 1. The number of carbonyl (C=O) groups is 2. The van der Waals surface area contributed by atoms with E-state index in [0.717, 1.165) is 12.8 Å². The highest BCUT2D eigenvalue weighted by molar-refractivity contribution is 5.97. The molecule has 4 heteroatoms. The summed E-state index contributed by atoms with van der Waals surface area (Å²) in [5, 5.41) is 21.1. The van der Waals surface area contributed by atoms with Gasteiger partial charge in [0, 0.05) is 17.3 Å². The lowest BCUT2D eigenvalue weighted by Gasteiger charge is -2.33. The highest BCUT2D eigenvalue weighted by Crippen LogP contribution is 2.67. The lowest BCUT2D eigenvalue weighted by atomic mass is 9.70. The van der Waals surface area contributed by atoms with Gasteiger partial charge in [0.2, 0.25) is 0 Å².